The summed E-state index contributed by atoms with van der Waals surface area (Å²) in [6, 6.07) is 17.8. The summed E-state index contributed by atoms with van der Waals surface area (Å²) in [5.41, 5.74) is 1.41. The molecule has 0 bridgehead atoms. The number of carbonyl (C=O) groups is 3. The first-order chi connectivity index (χ1) is 12.5. The van der Waals surface area contributed by atoms with E-state index in [1.54, 1.807) is 24.1 Å². The third kappa shape index (κ3) is 4.00. The van der Waals surface area contributed by atoms with E-state index in [2.05, 4.69) is 5.32 Å². The van der Waals surface area contributed by atoms with Crippen LogP contribution >= 0.6 is 0 Å². The topological polar surface area (TPSA) is 73.0 Å². The Morgan fingerprint density at radius 2 is 1.65 bits per heavy atom. The fraction of sp³-hybridized carbons (Fsp3) is 0.211. The highest BCUT2D eigenvalue weighted by atomic mass is 16.2. The highest BCUT2D eigenvalue weighted by molar-refractivity contribution is 6.00. The number of anilines is 2. The summed E-state index contributed by atoms with van der Waals surface area (Å²) in [6.45, 7) is 0.103. The summed E-state index contributed by atoms with van der Waals surface area (Å²) in [7, 11) is 1.54. The van der Waals surface area contributed by atoms with E-state index in [1.165, 1.54) is 9.80 Å². The molecule has 2 aromatic rings. The van der Waals surface area contributed by atoms with Gasteiger partial charge in [-0.1, -0.05) is 36.4 Å². The number of nitrogens with one attached hydrogen (secondary N) is 1. The lowest BCUT2D eigenvalue weighted by Gasteiger charge is -2.22. The van der Waals surface area contributed by atoms with Crippen LogP contribution in [0.15, 0.2) is 60.7 Å². The fourth-order valence-electron chi connectivity index (χ4n) is 2.66. The molecular weight excluding hydrogens is 332 g/mol. The van der Waals surface area contributed by atoms with Crippen molar-refractivity contribution >= 4 is 29.2 Å². The average molecular weight is 352 g/mol. The zero-order valence-electron chi connectivity index (χ0n) is 14.5. The van der Waals surface area contributed by atoms with Crippen LogP contribution in [0, 0.1) is 0 Å². The summed E-state index contributed by atoms with van der Waals surface area (Å²) in [5.74, 6) is -0.413. The van der Waals surface area contributed by atoms with Crippen molar-refractivity contribution < 1.29 is 14.4 Å². The molecule has 3 rings (SSSR count). The Labute approximate surface area is 151 Å². The van der Waals surface area contributed by atoms with Gasteiger partial charge in [-0.05, 0) is 24.3 Å². The van der Waals surface area contributed by atoms with Crippen LogP contribution in [-0.4, -0.2) is 54.5 Å². The predicted molar refractivity (Wildman–Crippen MR) is 98.6 cm³/mol. The Bertz CT molecular complexity index is 795. The first kappa shape index (κ1) is 17.5. The van der Waals surface area contributed by atoms with Crippen LogP contribution in [-0.2, 0) is 9.59 Å². The Balaban J connectivity index is 1.56. The van der Waals surface area contributed by atoms with Gasteiger partial charge in [0.05, 0.1) is 0 Å². The van der Waals surface area contributed by atoms with Crippen LogP contribution in [0.2, 0.25) is 0 Å². The van der Waals surface area contributed by atoms with Gasteiger partial charge in [0.2, 0.25) is 11.8 Å². The van der Waals surface area contributed by atoms with E-state index in [0.717, 1.165) is 5.69 Å². The number of rotatable bonds is 4. The monoisotopic (exact) mass is 352 g/mol. The van der Waals surface area contributed by atoms with E-state index in [-0.39, 0.29) is 37.6 Å². The Kier molecular flexibility index (Phi) is 5.17. The molecule has 1 heterocycles. The van der Waals surface area contributed by atoms with Gasteiger partial charge >= 0.3 is 6.03 Å². The van der Waals surface area contributed by atoms with Gasteiger partial charge in [-0.15, -0.1) is 0 Å². The molecule has 0 aliphatic carbocycles. The standard InChI is InChI=1S/C19H20N4O3/c1-21(19(26)20-15-8-4-2-5-9-15)12-17(24)22-13-18(25)23(14-22)16-10-6-3-7-11-16/h2-11H,12-14H2,1H3,(H,20,26). The summed E-state index contributed by atoms with van der Waals surface area (Å²) >= 11 is 0. The lowest BCUT2D eigenvalue weighted by atomic mass is 10.3. The third-order valence-electron chi connectivity index (χ3n) is 4.10. The van der Waals surface area contributed by atoms with Crippen LogP contribution < -0.4 is 10.2 Å². The Morgan fingerprint density at radius 1 is 1.04 bits per heavy atom. The highest BCUT2D eigenvalue weighted by Crippen LogP contribution is 2.19. The lowest BCUT2D eigenvalue weighted by Crippen LogP contribution is -2.42. The van der Waals surface area contributed by atoms with Gasteiger partial charge in [-0.3, -0.25) is 14.5 Å². The lowest BCUT2D eigenvalue weighted by molar-refractivity contribution is -0.132. The number of likely N-dealkylation sites (N-methyl/N-ethyl adjacent to an activating group) is 1. The molecule has 0 saturated carbocycles. The van der Waals surface area contributed by atoms with Crippen molar-refractivity contribution in [3.63, 3.8) is 0 Å². The average Bonchev–Trinajstić information content (AvgIpc) is 3.05. The van der Waals surface area contributed by atoms with Crippen molar-refractivity contribution in [3.8, 4) is 0 Å². The van der Waals surface area contributed by atoms with Crippen molar-refractivity contribution in [2.75, 3.05) is 37.0 Å². The van der Waals surface area contributed by atoms with E-state index in [9.17, 15) is 14.4 Å². The van der Waals surface area contributed by atoms with E-state index in [0.29, 0.717) is 5.69 Å². The zero-order chi connectivity index (χ0) is 18.5. The summed E-state index contributed by atoms with van der Waals surface area (Å²) < 4.78 is 0. The number of para-hydroxylation sites is 2. The van der Waals surface area contributed by atoms with Crippen molar-refractivity contribution in [2.24, 2.45) is 0 Å². The molecule has 0 aromatic heterocycles. The number of benzene rings is 2. The van der Waals surface area contributed by atoms with Crippen molar-refractivity contribution in [1.29, 1.82) is 0 Å². The van der Waals surface area contributed by atoms with Crippen LogP contribution in [0.3, 0.4) is 0 Å². The number of carbonyl (C=O) groups excluding carboxylic acids is 3. The molecule has 4 amide bonds. The summed E-state index contributed by atoms with van der Waals surface area (Å²) in [6.07, 6.45) is 0. The van der Waals surface area contributed by atoms with E-state index < -0.39 is 0 Å². The van der Waals surface area contributed by atoms with Gasteiger partial charge in [0.25, 0.3) is 0 Å². The highest BCUT2D eigenvalue weighted by Gasteiger charge is 2.32. The fourth-order valence-corrected chi connectivity index (χ4v) is 2.66. The second-order valence-electron chi connectivity index (χ2n) is 6.04. The molecule has 7 nitrogen and oxygen atoms in total. The summed E-state index contributed by atoms with van der Waals surface area (Å²) in [5, 5.41) is 2.72. The molecule has 0 unspecified atom stereocenters. The van der Waals surface area contributed by atoms with Gasteiger partial charge in [-0.25, -0.2) is 4.79 Å². The number of amides is 4. The molecule has 134 valence electrons. The molecule has 1 fully saturated rings. The van der Waals surface area contributed by atoms with Crippen LogP contribution in [0.4, 0.5) is 16.2 Å². The predicted octanol–water partition coefficient (Wildman–Crippen LogP) is 1.98. The minimum atomic E-state index is -0.380. The molecule has 0 atom stereocenters. The zero-order valence-corrected chi connectivity index (χ0v) is 14.5. The minimum absolute atomic E-state index is 0.0157. The molecule has 26 heavy (non-hydrogen) atoms. The number of urea groups is 1. The van der Waals surface area contributed by atoms with Crippen molar-refractivity contribution in [3.05, 3.63) is 60.7 Å². The minimum Gasteiger partial charge on any atom is -0.318 e. The number of hydrogen-bond donors (Lipinski definition) is 1. The molecule has 1 N–H and O–H groups in total. The van der Waals surface area contributed by atoms with Crippen molar-refractivity contribution in [2.45, 2.75) is 0 Å². The van der Waals surface area contributed by atoms with Gasteiger partial charge in [0.1, 0.15) is 19.8 Å². The second-order valence-corrected chi connectivity index (χ2v) is 6.04. The Hall–Kier alpha value is -3.35. The summed E-state index contributed by atoms with van der Waals surface area (Å²) in [4.78, 5) is 41.1. The third-order valence-corrected chi connectivity index (χ3v) is 4.10. The van der Waals surface area contributed by atoms with E-state index in [4.69, 9.17) is 0 Å². The molecule has 0 spiro atoms. The maximum Gasteiger partial charge on any atom is 0.322 e. The second kappa shape index (κ2) is 7.69. The molecule has 7 heteroatoms. The van der Waals surface area contributed by atoms with Gasteiger partial charge in [0, 0.05) is 18.4 Å². The quantitative estimate of drug-likeness (QED) is 0.914. The largest absolute Gasteiger partial charge is 0.322 e. The smallest absolute Gasteiger partial charge is 0.318 e. The maximum atomic E-state index is 12.5. The van der Waals surface area contributed by atoms with E-state index in [1.807, 2.05) is 48.5 Å². The number of nitrogens with zero attached hydrogens (tertiary/aromatic N) is 3. The number of hydrogen-bond acceptors (Lipinski definition) is 3. The Morgan fingerprint density at radius 3 is 2.31 bits per heavy atom. The van der Waals surface area contributed by atoms with Crippen LogP contribution in [0.1, 0.15) is 0 Å². The van der Waals surface area contributed by atoms with Gasteiger partial charge < -0.3 is 15.1 Å². The van der Waals surface area contributed by atoms with Gasteiger partial charge in [-0.2, -0.15) is 0 Å². The SMILES string of the molecule is CN(CC(=O)N1CC(=O)N(c2ccccc2)C1)C(=O)Nc1ccccc1. The maximum absolute atomic E-state index is 12.5. The molecular formula is C19H20N4O3. The molecule has 2 aromatic carbocycles. The van der Waals surface area contributed by atoms with Crippen LogP contribution in [0.25, 0.3) is 0 Å². The normalized spacial score (nSPS) is 13.7. The van der Waals surface area contributed by atoms with Gasteiger partial charge in [0.15, 0.2) is 0 Å². The first-order valence-electron chi connectivity index (χ1n) is 8.25. The molecule has 0 radical (unpaired) electrons. The van der Waals surface area contributed by atoms with Crippen LogP contribution in [0.5, 0.6) is 0 Å². The van der Waals surface area contributed by atoms with Crippen molar-refractivity contribution in [1.82, 2.24) is 9.80 Å². The molecule has 1 aliphatic heterocycles. The first-order valence-corrected chi connectivity index (χ1v) is 8.25. The molecule has 1 saturated heterocycles. The molecule has 1 aliphatic rings. The van der Waals surface area contributed by atoms with E-state index >= 15 is 0 Å².